The molecule has 1 aromatic carbocycles. The maximum absolute atomic E-state index is 9.89. The average molecular weight is 259 g/mol. The first-order chi connectivity index (χ1) is 9.15. The number of rotatable bonds is 4. The topological polar surface area (TPSA) is 23.5 Å². The average Bonchev–Trinajstić information content (AvgIpc) is 3.01. The molecule has 19 heavy (non-hydrogen) atoms. The molecule has 2 saturated carbocycles. The van der Waals surface area contributed by atoms with Gasteiger partial charge in [0.2, 0.25) is 0 Å². The summed E-state index contributed by atoms with van der Waals surface area (Å²) in [4.78, 5) is 2.35. The molecule has 4 unspecified atom stereocenters. The first kappa shape index (κ1) is 13.0. The van der Waals surface area contributed by atoms with Crippen molar-refractivity contribution in [1.29, 1.82) is 0 Å². The summed E-state index contributed by atoms with van der Waals surface area (Å²) in [6.07, 6.45) is 5.41. The van der Waals surface area contributed by atoms with Crippen LogP contribution in [0, 0.1) is 17.8 Å². The van der Waals surface area contributed by atoms with Gasteiger partial charge in [-0.25, -0.2) is 0 Å². The van der Waals surface area contributed by atoms with E-state index in [-0.39, 0.29) is 0 Å². The Kier molecular flexibility index (Phi) is 3.53. The Bertz CT molecular complexity index is 443. The molecule has 0 aliphatic heterocycles. The van der Waals surface area contributed by atoms with E-state index in [0.29, 0.717) is 0 Å². The SMILES string of the molecule is CC(O)c1ccccc1N(C)CC1CC2CCC1C2. The molecule has 2 bridgehead atoms. The van der Waals surface area contributed by atoms with Gasteiger partial charge in [0.15, 0.2) is 0 Å². The van der Waals surface area contributed by atoms with Crippen molar-refractivity contribution in [3.05, 3.63) is 29.8 Å². The van der Waals surface area contributed by atoms with Crippen molar-refractivity contribution >= 4 is 5.69 Å². The summed E-state index contributed by atoms with van der Waals surface area (Å²) in [6, 6.07) is 8.25. The number of hydrogen-bond acceptors (Lipinski definition) is 2. The molecular weight excluding hydrogens is 234 g/mol. The van der Waals surface area contributed by atoms with Gasteiger partial charge in [-0.3, -0.25) is 0 Å². The number of benzene rings is 1. The minimum atomic E-state index is -0.390. The van der Waals surface area contributed by atoms with Gasteiger partial charge in [0.1, 0.15) is 0 Å². The Morgan fingerprint density at radius 3 is 2.68 bits per heavy atom. The van der Waals surface area contributed by atoms with Crippen LogP contribution < -0.4 is 4.90 Å². The van der Waals surface area contributed by atoms with Gasteiger partial charge in [0, 0.05) is 24.8 Å². The zero-order chi connectivity index (χ0) is 13.4. The lowest BCUT2D eigenvalue weighted by Gasteiger charge is -2.30. The highest BCUT2D eigenvalue weighted by Gasteiger charge is 2.39. The molecule has 2 aliphatic carbocycles. The second-order valence-electron chi connectivity index (χ2n) is 6.55. The normalized spacial score (nSPS) is 30.6. The Morgan fingerprint density at radius 2 is 2.05 bits per heavy atom. The van der Waals surface area contributed by atoms with Gasteiger partial charge in [-0.05, 0) is 50.0 Å². The van der Waals surface area contributed by atoms with Gasteiger partial charge in [-0.15, -0.1) is 0 Å². The quantitative estimate of drug-likeness (QED) is 0.893. The molecule has 0 heterocycles. The zero-order valence-corrected chi connectivity index (χ0v) is 12.0. The van der Waals surface area contributed by atoms with Gasteiger partial charge in [-0.1, -0.05) is 24.6 Å². The summed E-state index contributed by atoms with van der Waals surface area (Å²) < 4.78 is 0. The highest BCUT2D eigenvalue weighted by molar-refractivity contribution is 5.54. The Labute approximate surface area is 116 Å². The lowest BCUT2D eigenvalue weighted by atomic mass is 9.88. The third-order valence-electron chi connectivity index (χ3n) is 5.19. The summed E-state index contributed by atoms with van der Waals surface area (Å²) in [5, 5.41) is 9.89. The van der Waals surface area contributed by atoms with Crippen LogP contribution in [0.4, 0.5) is 5.69 Å². The van der Waals surface area contributed by atoms with E-state index in [2.05, 4.69) is 24.1 Å². The predicted octanol–water partition coefficient (Wildman–Crippen LogP) is 3.61. The van der Waals surface area contributed by atoms with Gasteiger partial charge in [-0.2, -0.15) is 0 Å². The van der Waals surface area contributed by atoms with E-state index in [0.717, 1.165) is 29.9 Å². The van der Waals surface area contributed by atoms with E-state index >= 15 is 0 Å². The van der Waals surface area contributed by atoms with E-state index in [1.165, 1.54) is 31.4 Å². The molecule has 0 saturated heterocycles. The van der Waals surface area contributed by atoms with Gasteiger partial charge in [0.25, 0.3) is 0 Å². The molecular formula is C17H25NO. The maximum atomic E-state index is 9.89. The number of fused-ring (bicyclic) bond motifs is 2. The standard InChI is InChI=1S/C17H25NO/c1-12(19)16-5-3-4-6-17(16)18(2)11-15-10-13-7-8-14(15)9-13/h3-6,12-15,19H,7-11H2,1-2H3. The summed E-state index contributed by atoms with van der Waals surface area (Å²) in [6.45, 7) is 3.00. The number of nitrogens with zero attached hydrogens (tertiary/aromatic N) is 1. The zero-order valence-electron chi connectivity index (χ0n) is 12.0. The molecule has 0 radical (unpaired) electrons. The van der Waals surface area contributed by atoms with E-state index < -0.39 is 6.10 Å². The van der Waals surface area contributed by atoms with Crippen molar-refractivity contribution < 1.29 is 5.11 Å². The molecule has 2 nitrogen and oxygen atoms in total. The van der Waals surface area contributed by atoms with Gasteiger partial charge >= 0.3 is 0 Å². The Balaban J connectivity index is 1.72. The van der Waals surface area contributed by atoms with Crippen molar-refractivity contribution in [2.45, 2.75) is 38.7 Å². The molecule has 104 valence electrons. The molecule has 1 aromatic rings. The fraction of sp³-hybridized carbons (Fsp3) is 0.647. The van der Waals surface area contributed by atoms with Crippen LogP contribution in [0.25, 0.3) is 0 Å². The van der Waals surface area contributed by atoms with E-state index in [1.54, 1.807) is 0 Å². The van der Waals surface area contributed by atoms with Crippen LogP contribution in [-0.4, -0.2) is 18.7 Å². The molecule has 1 N–H and O–H groups in total. The maximum Gasteiger partial charge on any atom is 0.0781 e. The number of aliphatic hydroxyl groups is 1. The van der Waals surface area contributed by atoms with Crippen LogP contribution in [-0.2, 0) is 0 Å². The van der Waals surface area contributed by atoms with Crippen molar-refractivity contribution in [2.75, 3.05) is 18.5 Å². The van der Waals surface area contributed by atoms with Crippen LogP contribution in [0.5, 0.6) is 0 Å². The third kappa shape index (κ3) is 2.51. The number of anilines is 1. The van der Waals surface area contributed by atoms with Crippen LogP contribution in [0.3, 0.4) is 0 Å². The van der Waals surface area contributed by atoms with Crippen molar-refractivity contribution in [1.82, 2.24) is 0 Å². The largest absolute Gasteiger partial charge is 0.389 e. The number of para-hydroxylation sites is 1. The summed E-state index contributed by atoms with van der Waals surface area (Å²) in [5.74, 6) is 2.84. The van der Waals surface area contributed by atoms with Crippen molar-refractivity contribution in [2.24, 2.45) is 17.8 Å². The van der Waals surface area contributed by atoms with E-state index in [1.807, 2.05) is 19.1 Å². The second-order valence-corrected chi connectivity index (χ2v) is 6.55. The van der Waals surface area contributed by atoms with Crippen molar-refractivity contribution in [3.8, 4) is 0 Å². The molecule has 0 amide bonds. The van der Waals surface area contributed by atoms with Crippen LogP contribution >= 0.6 is 0 Å². The molecule has 2 heteroatoms. The van der Waals surface area contributed by atoms with E-state index in [4.69, 9.17) is 0 Å². The molecule has 4 atom stereocenters. The Hall–Kier alpha value is -1.02. The van der Waals surface area contributed by atoms with Gasteiger partial charge in [0.05, 0.1) is 6.10 Å². The minimum Gasteiger partial charge on any atom is -0.389 e. The predicted molar refractivity (Wildman–Crippen MR) is 79.3 cm³/mol. The van der Waals surface area contributed by atoms with Crippen LogP contribution in [0.15, 0.2) is 24.3 Å². The number of hydrogen-bond donors (Lipinski definition) is 1. The molecule has 2 fully saturated rings. The molecule has 2 aliphatic rings. The van der Waals surface area contributed by atoms with E-state index in [9.17, 15) is 5.11 Å². The summed E-state index contributed by atoms with van der Waals surface area (Å²) in [5.41, 5.74) is 2.24. The fourth-order valence-electron chi connectivity index (χ4n) is 4.24. The van der Waals surface area contributed by atoms with Gasteiger partial charge < -0.3 is 10.0 Å². The molecule has 0 spiro atoms. The molecule has 0 aromatic heterocycles. The number of aliphatic hydroxyl groups excluding tert-OH is 1. The fourth-order valence-corrected chi connectivity index (χ4v) is 4.24. The highest BCUT2D eigenvalue weighted by atomic mass is 16.3. The second kappa shape index (κ2) is 5.16. The minimum absolute atomic E-state index is 0.390. The van der Waals surface area contributed by atoms with Crippen LogP contribution in [0.1, 0.15) is 44.3 Å². The molecule has 3 rings (SSSR count). The Morgan fingerprint density at radius 1 is 1.26 bits per heavy atom. The lowest BCUT2D eigenvalue weighted by Crippen LogP contribution is -2.29. The smallest absolute Gasteiger partial charge is 0.0781 e. The van der Waals surface area contributed by atoms with Crippen LogP contribution in [0.2, 0.25) is 0 Å². The first-order valence-electron chi connectivity index (χ1n) is 7.63. The lowest BCUT2D eigenvalue weighted by molar-refractivity contribution is 0.199. The summed E-state index contributed by atoms with van der Waals surface area (Å²) >= 11 is 0. The monoisotopic (exact) mass is 259 g/mol. The third-order valence-corrected chi connectivity index (χ3v) is 5.19. The summed E-state index contributed by atoms with van der Waals surface area (Å²) in [7, 11) is 2.17. The highest BCUT2D eigenvalue weighted by Crippen LogP contribution is 2.48. The van der Waals surface area contributed by atoms with Crippen molar-refractivity contribution in [3.63, 3.8) is 0 Å². The first-order valence-corrected chi connectivity index (χ1v) is 7.63.